The third-order valence-electron chi connectivity index (χ3n) is 4.44. The zero-order chi connectivity index (χ0) is 19.9. The molecule has 0 bridgehead atoms. The van der Waals surface area contributed by atoms with E-state index in [9.17, 15) is 4.79 Å². The lowest BCUT2D eigenvalue weighted by Gasteiger charge is -2.13. The number of rotatable bonds is 8. The van der Waals surface area contributed by atoms with E-state index in [2.05, 4.69) is 10.6 Å². The molecule has 0 saturated heterocycles. The van der Waals surface area contributed by atoms with Crippen molar-refractivity contribution < 1.29 is 9.53 Å². The summed E-state index contributed by atoms with van der Waals surface area (Å²) >= 11 is 0. The monoisotopic (exact) mass is 378 g/mol. The van der Waals surface area contributed by atoms with Crippen LogP contribution in [-0.4, -0.2) is 41.9 Å². The normalized spacial score (nSPS) is 11.8. The van der Waals surface area contributed by atoms with Crippen molar-refractivity contribution in [1.29, 1.82) is 0 Å². The fourth-order valence-corrected chi connectivity index (χ4v) is 3.00. The Hall–Kier alpha value is -3.12. The second-order valence-electron chi connectivity index (χ2n) is 6.57. The van der Waals surface area contributed by atoms with Gasteiger partial charge in [0.25, 0.3) is 5.91 Å². The number of hydrogen-bond donors (Lipinski definition) is 2. The number of methoxy groups -OCH3 is 1. The summed E-state index contributed by atoms with van der Waals surface area (Å²) in [7, 11) is 1.62. The summed E-state index contributed by atoms with van der Waals surface area (Å²) in [6.45, 7) is 5.49. The van der Waals surface area contributed by atoms with Crippen LogP contribution in [0.1, 0.15) is 24.2 Å². The predicted molar refractivity (Wildman–Crippen MR) is 111 cm³/mol. The average molecular weight is 378 g/mol. The summed E-state index contributed by atoms with van der Waals surface area (Å²) in [5.74, 6) is 0.573. The van der Waals surface area contributed by atoms with E-state index >= 15 is 0 Å². The van der Waals surface area contributed by atoms with Gasteiger partial charge in [0, 0.05) is 24.3 Å². The summed E-state index contributed by atoms with van der Waals surface area (Å²) in [6.07, 6.45) is 1.78. The lowest BCUT2D eigenvalue weighted by molar-refractivity contribution is 0.0951. The van der Waals surface area contributed by atoms with E-state index in [1.165, 1.54) is 0 Å². The molecule has 0 saturated carbocycles. The van der Waals surface area contributed by atoms with E-state index in [4.69, 9.17) is 9.84 Å². The molecule has 1 aromatic heterocycles. The highest BCUT2D eigenvalue weighted by molar-refractivity contribution is 6.00. The molecular formula is C22H26N4O2. The number of nitrogens with zero attached hydrogens (tertiary/aromatic N) is 2. The molecule has 1 atom stereocenters. The molecule has 146 valence electrons. The minimum Gasteiger partial charge on any atom is -0.497 e. The molecule has 6 nitrogen and oxygen atoms in total. The lowest BCUT2D eigenvalue weighted by Crippen LogP contribution is -2.38. The highest BCUT2D eigenvalue weighted by atomic mass is 16.5. The third-order valence-corrected chi connectivity index (χ3v) is 4.44. The number of aromatic nitrogens is 2. The molecular weight excluding hydrogens is 352 g/mol. The van der Waals surface area contributed by atoms with Crippen LogP contribution in [0.15, 0.2) is 60.8 Å². The molecule has 1 heterocycles. The summed E-state index contributed by atoms with van der Waals surface area (Å²) < 4.78 is 7.06. The van der Waals surface area contributed by atoms with Crippen LogP contribution in [0, 0.1) is 0 Å². The Morgan fingerprint density at radius 2 is 1.96 bits per heavy atom. The van der Waals surface area contributed by atoms with Crippen LogP contribution >= 0.6 is 0 Å². The number of benzene rings is 2. The average Bonchev–Trinajstić information content (AvgIpc) is 3.18. The highest BCUT2D eigenvalue weighted by Crippen LogP contribution is 2.27. The molecule has 3 rings (SSSR count). The number of carbonyl (C=O) groups excluding carboxylic acids is 1. The van der Waals surface area contributed by atoms with Gasteiger partial charge in [-0.15, -0.1) is 0 Å². The Morgan fingerprint density at radius 1 is 1.18 bits per heavy atom. The smallest absolute Gasteiger partial charge is 0.255 e. The van der Waals surface area contributed by atoms with Crippen molar-refractivity contribution in [3.8, 4) is 22.7 Å². The van der Waals surface area contributed by atoms with Gasteiger partial charge in [0.1, 0.15) is 11.4 Å². The van der Waals surface area contributed by atoms with Crippen molar-refractivity contribution in [3.63, 3.8) is 0 Å². The summed E-state index contributed by atoms with van der Waals surface area (Å²) in [4.78, 5) is 12.9. The largest absolute Gasteiger partial charge is 0.497 e. The Labute approximate surface area is 165 Å². The third kappa shape index (κ3) is 4.58. The second-order valence-corrected chi connectivity index (χ2v) is 6.57. The maximum atomic E-state index is 12.9. The molecule has 0 fully saturated rings. The molecule has 0 spiro atoms. The number of para-hydroxylation sites is 1. The fourth-order valence-electron chi connectivity index (χ4n) is 3.00. The summed E-state index contributed by atoms with van der Waals surface area (Å²) in [5.41, 5.74) is 2.88. The van der Waals surface area contributed by atoms with E-state index in [0.29, 0.717) is 17.8 Å². The van der Waals surface area contributed by atoms with Gasteiger partial charge in [-0.1, -0.05) is 37.3 Å². The van der Waals surface area contributed by atoms with Crippen molar-refractivity contribution in [1.82, 2.24) is 20.4 Å². The van der Waals surface area contributed by atoms with Gasteiger partial charge in [0.2, 0.25) is 0 Å². The minimum absolute atomic E-state index is 0.148. The van der Waals surface area contributed by atoms with Crippen molar-refractivity contribution in [2.75, 3.05) is 20.2 Å². The summed E-state index contributed by atoms with van der Waals surface area (Å²) in [6, 6.07) is 17.5. The van der Waals surface area contributed by atoms with Crippen LogP contribution in [0.4, 0.5) is 0 Å². The van der Waals surface area contributed by atoms with Gasteiger partial charge in [-0.3, -0.25) is 4.79 Å². The minimum atomic E-state index is -0.148. The van der Waals surface area contributed by atoms with Gasteiger partial charge in [0.15, 0.2) is 0 Å². The van der Waals surface area contributed by atoms with E-state index in [1.54, 1.807) is 18.0 Å². The van der Waals surface area contributed by atoms with E-state index in [1.807, 2.05) is 68.4 Å². The van der Waals surface area contributed by atoms with Crippen LogP contribution in [0.25, 0.3) is 16.9 Å². The molecule has 28 heavy (non-hydrogen) atoms. The van der Waals surface area contributed by atoms with Crippen molar-refractivity contribution in [2.24, 2.45) is 0 Å². The zero-order valence-electron chi connectivity index (χ0n) is 16.5. The van der Waals surface area contributed by atoms with Crippen LogP contribution in [-0.2, 0) is 0 Å². The SMILES string of the molecule is CCN[C@H](C)CNC(=O)c1cn(-c2ccccc2)nc1-c1cccc(OC)c1. The first-order chi connectivity index (χ1) is 13.6. The van der Waals surface area contributed by atoms with E-state index in [-0.39, 0.29) is 11.9 Å². The van der Waals surface area contributed by atoms with Crippen LogP contribution in [0.2, 0.25) is 0 Å². The number of nitrogens with one attached hydrogen (secondary N) is 2. The van der Waals surface area contributed by atoms with E-state index in [0.717, 1.165) is 23.5 Å². The first kappa shape index (κ1) is 19.6. The zero-order valence-corrected chi connectivity index (χ0v) is 16.5. The standard InChI is InChI=1S/C22H26N4O2/c1-4-23-16(2)14-24-22(27)20-15-26(18-10-6-5-7-11-18)25-21(20)17-9-8-12-19(13-17)28-3/h5-13,15-16,23H,4,14H2,1-3H3,(H,24,27)/t16-/m1/s1. The van der Waals surface area contributed by atoms with Gasteiger partial charge in [-0.2, -0.15) is 5.10 Å². The molecule has 1 amide bonds. The first-order valence-corrected chi connectivity index (χ1v) is 9.43. The Bertz CT molecular complexity index is 921. The number of ether oxygens (including phenoxy) is 1. The van der Waals surface area contributed by atoms with Crippen LogP contribution in [0.5, 0.6) is 5.75 Å². The maximum Gasteiger partial charge on any atom is 0.255 e. The Morgan fingerprint density at radius 3 is 2.68 bits per heavy atom. The molecule has 6 heteroatoms. The Balaban J connectivity index is 1.96. The quantitative estimate of drug-likeness (QED) is 0.631. The Kier molecular flexibility index (Phi) is 6.45. The maximum absolute atomic E-state index is 12.9. The van der Waals surface area contributed by atoms with Gasteiger partial charge in [-0.25, -0.2) is 4.68 Å². The molecule has 0 aliphatic heterocycles. The number of hydrogen-bond acceptors (Lipinski definition) is 4. The van der Waals surface area contributed by atoms with Crippen LogP contribution < -0.4 is 15.4 Å². The molecule has 0 radical (unpaired) electrons. The topological polar surface area (TPSA) is 68.2 Å². The van der Waals surface area contributed by atoms with Gasteiger partial charge in [-0.05, 0) is 37.7 Å². The second kappa shape index (κ2) is 9.19. The molecule has 3 aromatic rings. The van der Waals surface area contributed by atoms with Gasteiger partial charge < -0.3 is 15.4 Å². The van der Waals surface area contributed by atoms with E-state index < -0.39 is 0 Å². The molecule has 2 aromatic carbocycles. The van der Waals surface area contributed by atoms with Crippen molar-refractivity contribution >= 4 is 5.91 Å². The van der Waals surface area contributed by atoms with Crippen molar-refractivity contribution in [3.05, 3.63) is 66.4 Å². The molecule has 2 N–H and O–H groups in total. The predicted octanol–water partition coefficient (Wildman–Crippen LogP) is 3.28. The van der Waals surface area contributed by atoms with Gasteiger partial charge >= 0.3 is 0 Å². The first-order valence-electron chi connectivity index (χ1n) is 9.43. The summed E-state index contributed by atoms with van der Waals surface area (Å²) in [5, 5.41) is 11.0. The van der Waals surface area contributed by atoms with Crippen LogP contribution in [0.3, 0.4) is 0 Å². The lowest BCUT2D eigenvalue weighted by atomic mass is 10.1. The highest BCUT2D eigenvalue weighted by Gasteiger charge is 2.19. The molecule has 0 aliphatic carbocycles. The fraction of sp³-hybridized carbons (Fsp3) is 0.273. The van der Waals surface area contributed by atoms with Crippen molar-refractivity contribution in [2.45, 2.75) is 19.9 Å². The molecule has 0 unspecified atom stereocenters. The molecule has 0 aliphatic rings. The number of carbonyl (C=O) groups is 1. The van der Waals surface area contributed by atoms with Gasteiger partial charge in [0.05, 0.1) is 18.4 Å². The number of amides is 1. The number of likely N-dealkylation sites (N-methyl/N-ethyl adjacent to an activating group) is 1.